The van der Waals surface area contributed by atoms with Crippen molar-refractivity contribution in [1.29, 1.82) is 0 Å². The molecule has 0 aromatic carbocycles. The van der Waals surface area contributed by atoms with E-state index in [9.17, 15) is 0 Å². The molecule has 0 amide bonds. The molecule has 0 radical (unpaired) electrons. The molecule has 1 unspecified atom stereocenters. The van der Waals surface area contributed by atoms with Crippen LogP contribution in [-0.2, 0) is 0 Å². The van der Waals surface area contributed by atoms with Gasteiger partial charge in [0.2, 0.25) is 0 Å². The van der Waals surface area contributed by atoms with Gasteiger partial charge in [-0.05, 0) is 29.9 Å². The van der Waals surface area contributed by atoms with Crippen LogP contribution in [0.2, 0.25) is 0 Å². The smallest absolute Gasteiger partial charge is 0.00205 e. The van der Waals surface area contributed by atoms with E-state index in [2.05, 4.69) is 18.4 Å². The molecular weight excluding hydrogens is 128 g/mol. The molecule has 0 fully saturated rings. The van der Waals surface area contributed by atoms with Crippen molar-refractivity contribution in [2.45, 2.75) is 26.2 Å². The second-order valence-corrected chi connectivity index (χ2v) is 3.55. The quantitative estimate of drug-likeness (QED) is 0.571. The van der Waals surface area contributed by atoms with E-state index in [1.165, 1.54) is 25.0 Å². The molecule has 0 aromatic heterocycles. The Kier molecular flexibility index (Phi) is 3.20. The van der Waals surface area contributed by atoms with Crippen LogP contribution in [-0.4, -0.2) is 5.75 Å². The lowest BCUT2D eigenvalue weighted by Crippen LogP contribution is -2.00. The molecule has 0 spiro atoms. The lowest BCUT2D eigenvalue weighted by atomic mass is 10.0. The average molecular weight is 142 g/mol. The summed E-state index contributed by atoms with van der Waals surface area (Å²) in [6.45, 7) is 2.26. The molecule has 0 saturated carbocycles. The summed E-state index contributed by atoms with van der Waals surface area (Å²) < 4.78 is 0. The minimum Gasteiger partial charge on any atom is -0.134 e. The van der Waals surface area contributed by atoms with Crippen molar-refractivity contribution < 1.29 is 0 Å². The zero-order valence-corrected chi connectivity index (χ0v) is 6.79. The van der Waals surface area contributed by atoms with Gasteiger partial charge >= 0.3 is 0 Å². The monoisotopic (exact) mass is 142 g/mol. The van der Waals surface area contributed by atoms with Gasteiger partial charge in [0.05, 0.1) is 0 Å². The highest BCUT2D eigenvalue weighted by Gasteiger charge is 2.05. The molecule has 52 valence electrons. The zero-order chi connectivity index (χ0) is 6.53. The number of hydrogen-bond acceptors (Lipinski definition) is 1. The third-order valence-electron chi connectivity index (χ3n) is 1.71. The fraction of sp³-hybridized carbons (Fsp3) is 0.750. The predicted molar refractivity (Wildman–Crippen MR) is 44.6 cm³/mol. The first-order valence-electron chi connectivity index (χ1n) is 3.71. The van der Waals surface area contributed by atoms with Crippen molar-refractivity contribution in [1.82, 2.24) is 0 Å². The van der Waals surface area contributed by atoms with Crippen molar-refractivity contribution >= 4 is 11.8 Å². The van der Waals surface area contributed by atoms with Gasteiger partial charge in [-0.15, -0.1) is 11.8 Å². The first-order chi connectivity index (χ1) is 4.43. The molecule has 0 aromatic rings. The third kappa shape index (κ3) is 2.44. The normalized spacial score (nSPS) is 26.6. The van der Waals surface area contributed by atoms with E-state index in [1.54, 1.807) is 0 Å². The highest BCUT2D eigenvalue weighted by atomic mass is 32.2. The van der Waals surface area contributed by atoms with E-state index >= 15 is 0 Å². The third-order valence-corrected chi connectivity index (χ3v) is 2.53. The summed E-state index contributed by atoms with van der Waals surface area (Å²) in [6.07, 6.45) is 6.48. The average Bonchev–Trinajstić information content (AvgIpc) is 1.91. The Hall–Kier alpha value is 0.0900. The van der Waals surface area contributed by atoms with Gasteiger partial charge in [-0.3, -0.25) is 0 Å². The summed E-state index contributed by atoms with van der Waals surface area (Å²) in [5, 5.41) is 2.25. The minimum absolute atomic E-state index is 0.899. The van der Waals surface area contributed by atoms with Gasteiger partial charge in [-0.1, -0.05) is 19.4 Å². The highest BCUT2D eigenvalue weighted by Crippen LogP contribution is 2.22. The summed E-state index contributed by atoms with van der Waals surface area (Å²) in [5.74, 6) is 2.23. The molecular formula is C8H14S. The summed E-state index contributed by atoms with van der Waals surface area (Å²) in [7, 11) is 0. The molecule has 1 heterocycles. The van der Waals surface area contributed by atoms with Crippen molar-refractivity contribution in [3.8, 4) is 0 Å². The van der Waals surface area contributed by atoms with Crippen molar-refractivity contribution in [3.63, 3.8) is 0 Å². The highest BCUT2D eigenvalue weighted by molar-refractivity contribution is 8.02. The van der Waals surface area contributed by atoms with E-state index in [1.807, 2.05) is 11.8 Å². The molecule has 1 atom stereocenters. The van der Waals surface area contributed by atoms with Gasteiger partial charge in [0, 0.05) is 0 Å². The zero-order valence-electron chi connectivity index (χ0n) is 5.97. The van der Waals surface area contributed by atoms with Crippen LogP contribution in [0.3, 0.4) is 0 Å². The maximum absolute atomic E-state index is 2.36. The topological polar surface area (TPSA) is 0 Å². The number of rotatable bonds is 2. The fourth-order valence-electron chi connectivity index (χ4n) is 1.16. The lowest BCUT2D eigenvalue weighted by Gasteiger charge is -2.13. The van der Waals surface area contributed by atoms with E-state index in [-0.39, 0.29) is 0 Å². The maximum atomic E-state index is 2.36. The second-order valence-electron chi connectivity index (χ2n) is 2.54. The van der Waals surface area contributed by atoms with Crippen LogP contribution in [0.5, 0.6) is 0 Å². The Labute approximate surface area is 61.7 Å². The largest absolute Gasteiger partial charge is 0.134 e. The van der Waals surface area contributed by atoms with Gasteiger partial charge in [0.15, 0.2) is 0 Å². The van der Waals surface area contributed by atoms with Crippen LogP contribution in [0.15, 0.2) is 11.5 Å². The van der Waals surface area contributed by atoms with Crippen LogP contribution >= 0.6 is 11.8 Å². The maximum Gasteiger partial charge on any atom is -0.00205 e. The molecule has 0 bridgehead atoms. The molecule has 1 heteroatoms. The van der Waals surface area contributed by atoms with Crippen LogP contribution in [0, 0.1) is 5.92 Å². The Bertz CT molecular complexity index is 96.7. The van der Waals surface area contributed by atoms with Crippen LogP contribution in [0.1, 0.15) is 26.2 Å². The molecule has 0 saturated heterocycles. The Balaban J connectivity index is 2.23. The van der Waals surface area contributed by atoms with Gasteiger partial charge in [0.25, 0.3) is 0 Å². The molecule has 0 nitrogen and oxygen atoms in total. The summed E-state index contributed by atoms with van der Waals surface area (Å²) in [4.78, 5) is 0. The van der Waals surface area contributed by atoms with E-state index in [0.29, 0.717) is 0 Å². The first kappa shape index (κ1) is 7.20. The van der Waals surface area contributed by atoms with Gasteiger partial charge in [-0.2, -0.15) is 0 Å². The summed E-state index contributed by atoms with van der Waals surface area (Å²) >= 11 is 1.94. The van der Waals surface area contributed by atoms with Crippen LogP contribution < -0.4 is 0 Å². The number of thioether (sulfide) groups is 1. The molecule has 0 N–H and O–H groups in total. The summed E-state index contributed by atoms with van der Waals surface area (Å²) in [6, 6.07) is 0. The lowest BCUT2D eigenvalue weighted by molar-refractivity contribution is 0.565. The molecule has 9 heavy (non-hydrogen) atoms. The van der Waals surface area contributed by atoms with Gasteiger partial charge in [-0.25, -0.2) is 0 Å². The molecule has 1 aliphatic rings. The van der Waals surface area contributed by atoms with Gasteiger partial charge < -0.3 is 0 Å². The Morgan fingerprint density at radius 1 is 1.67 bits per heavy atom. The molecule has 1 aliphatic heterocycles. The first-order valence-corrected chi connectivity index (χ1v) is 4.76. The SMILES string of the molecule is CCCC1C=CSCC1. The van der Waals surface area contributed by atoms with Crippen LogP contribution in [0.25, 0.3) is 0 Å². The minimum atomic E-state index is 0.899. The van der Waals surface area contributed by atoms with E-state index < -0.39 is 0 Å². The Morgan fingerprint density at radius 2 is 2.56 bits per heavy atom. The van der Waals surface area contributed by atoms with Crippen LogP contribution in [0.4, 0.5) is 0 Å². The van der Waals surface area contributed by atoms with Crippen molar-refractivity contribution in [2.75, 3.05) is 5.75 Å². The predicted octanol–water partition coefficient (Wildman–Crippen LogP) is 3.05. The summed E-state index contributed by atoms with van der Waals surface area (Å²) in [5.41, 5.74) is 0. The molecule has 1 rings (SSSR count). The van der Waals surface area contributed by atoms with E-state index in [0.717, 1.165) is 5.92 Å². The standard InChI is InChI=1S/C8H14S/c1-2-3-8-4-6-9-7-5-8/h4,6,8H,2-3,5,7H2,1H3. The van der Waals surface area contributed by atoms with Gasteiger partial charge in [0.1, 0.15) is 0 Å². The van der Waals surface area contributed by atoms with Crippen molar-refractivity contribution in [3.05, 3.63) is 11.5 Å². The fourth-order valence-corrected chi connectivity index (χ4v) is 2.07. The Morgan fingerprint density at radius 3 is 3.11 bits per heavy atom. The number of allylic oxidation sites excluding steroid dienone is 1. The second kappa shape index (κ2) is 3.99. The molecule has 0 aliphatic carbocycles. The number of hydrogen-bond donors (Lipinski definition) is 0. The van der Waals surface area contributed by atoms with E-state index in [4.69, 9.17) is 0 Å². The van der Waals surface area contributed by atoms with Crippen molar-refractivity contribution in [2.24, 2.45) is 5.92 Å².